The minimum Gasteiger partial charge on any atom is -0.491 e. The minimum atomic E-state index is -0.515. The van der Waals surface area contributed by atoms with Crippen molar-refractivity contribution in [2.24, 2.45) is 12.5 Å². The number of piperidine rings is 1. The summed E-state index contributed by atoms with van der Waals surface area (Å²) in [6.45, 7) is 3.88. The number of aryl methyl sites for hydroxylation is 2. The Hall–Kier alpha value is -3.36. The van der Waals surface area contributed by atoms with E-state index in [1.807, 2.05) is 37.1 Å². The standard InChI is InChI=1S/C27H37N5O4/c1-20-19-36-23-8-4-3-7-22(23)25(34)28-15-6-5-12-27(26(35)30-20)13-17-32(18-14-27)24(33)10-9-21-11-16-29-31(21)2/h3-4,7-8,11,16,20H,5-6,9-10,12-15,17-19H2,1-2H3,(H,28,34)(H,30,35)/t20-/m1/s1. The maximum Gasteiger partial charge on any atom is 0.255 e. The number of fused-ring (bicyclic) bond motifs is 1. The van der Waals surface area contributed by atoms with Gasteiger partial charge in [-0.2, -0.15) is 5.10 Å². The van der Waals surface area contributed by atoms with Crippen molar-refractivity contribution in [2.75, 3.05) is 26.2 Å². The van der Waals surface area contributed by atoms with Gasteiger partial charge in [-0.1, -0.05) is 18.6 Å². The van der Waals surface area contributed by atoms with Crippen LogP contribution in [0.3, 0.4) is 0 Å². The fraction of sp³-hybridized carbons (Fsp3) is 0.556. The molecule has 1 aromatic heterocycles. The second-order valence-electron chi connectivity index (χ2n) is 10.0. The van der Waals surface area contributed by atoms with Crippen molar-refractivity contribution in [3.8, 4) is 5.75 Å². The first kappa shape index (κ1) is 25.7. The number of rotatable bonds is 3. The third-order valence-electron chi connectivity index (χ3n) is 7.44. The van der Waals surface area contributed by atoms with Crippen LogP contribution in [-0.4, -0.2) is 64.7 Å². The molecule has 2 N–H and O–H groups in total. The summed E-state index contributed by atoms with van der Waals surface area (Å²) in [5.41, 5.74) is 1.03. The first-order chi connectivity index (χ1) is 17.4. The number of amides is 3. The highest BCUT2D eigenvalue weighted by Gasteiger charge is 2.42. The van der Waals surface area contributed by atoms with Crippen molar-refractivity contribution in [3.63, 3.8) is 0 Å². The molecule has 0 aliphatic carbocycles. The molecule has 1 fully saturated rings. The van der Waals surface area contributed by atoms with Gasteiger partial charge in [-0.25, -0.2) is 0 Å². The van der Waals surface area contributed by atoms with Crippen LogP contribution < -0.4 is 15.4 Å². The van der Waals surface area contributed by atoms with E-state index >= 15 is 0 Å². The van der Waals surface area contributed by atoms with Crippen LogP contribution in [0.25, 0.3) is 0 Å². The van der Waals surface area contributed by atoms with E-state index in [0.717, 1.165) is 25.0 Å². The monoisotopic (exact) mass is 495 g/mol. The maximum absolute atomic E-state index is 13.5. The van der Waals surface area contributed by atoms with Crippen LogP contribution in [0, 0.1) is 5.41 Å². The first-order valence-electron chi connectivity index (χ1n) is 12.9. The van der Waals surface area contributed by atoms with Crippen LogP contribution in [-0.2, 0) is 23.1 Å². The molecule has 0 bridgehead atoms. The molecule has 0 radical (unpaired) electrons. The summed E-state index contributed by atoms with van der Waals surface area (Å²) in [4.78, 5) is 40.9. The van der Waals surface area contributed by atoms with Crippen molar-refractivity contribution in [2.45, 2.75) is 57.9 Å². The highest BCUT2D eigenvalue weighted by Crippen LogP contribution is 2.37. The van der Waals surface area contributed by atoms with Crippen LogP contribution in [0.5, 0.6) is 5.75 Å². The molecule has 1 spiro atoms. The predicted octanol–water partition coefficient (Wildman–Crippen LogP) is 2.46. The number of carbonyl (C=O) groups is 3. The van der Waals surface area contributed by atoms with Gasteiger partial charge in [0.1, 0.15) is 12.4 Å². The number of aromatic nitrogens is 2. The van der Waals surface area contributed by atoms with E-state index in [4.69, 9.17) is 4.74 Å². The number of ether oxygens (including phenoxy) is 1. The van der Waals surface area contributed by atoms with E-state index in [-0.39, 0.29) is 30.4 Å². The van der Waals surface area contributed by atoms with E-state index in [1.54, 1.807) is 23.0 Å². The molecule has 2 aliphatic heterocycles. The molecule has 4 rings (SSSR count). The summed E-state index contributed by atoms with van der Waals surface area (Å²) >= 11 is 0. The Morgan fingerprint density at radius 2 is 1.92 bits per heavy atom. The van der Waals surface area contributed by atoms with Crippen LogP contribution in [0.4, 0.5) is 0 Å². The number of nitrogens with zero attached hydrogens (tertiary/aromatic N) is 3. The molecule has 3 amide bonds. The lowest BCUT2D eigenvalue weighted by Gasteiger charge is -2.41. The SMILES string of the molecule is C[C@@H]1COc2ccccc2C(=O)NCCCCC2(CCN(C(=O)CCc3ccnn3C)CC2)C(=O)N1. The number of carbonyl (C=O) groups excluding carboxylic acids is 3. The quantitative estimate of drug-likeness (QED) is 0.681. The number of para-hydroxylation sites is 1. The third-order valence-corrected chi connectivity index (χ3v) is 7.44. The van der Waals surface area contributed by atoms with Crippen LogP contribution in [0.15, 0.2) is 36.5 Å². The van der Waals surface area contributed by atoms with E-state index in [0.29, 0.717) is 56.6 Å². The number of hydrogen-bond acceptors (Lipinski definition) is 5. The molecule has 2 aromatic rings. The van der Waals surface area contributed by atoms with Crippen molar-refractivity contribution < 1.29 is 19.1 Å². The lowest BCUT2D eigenvalue weighted by Crippen LogP contribution is -2.52. The van der Waals surface area contributed by atoms with Gasteiger partial charge in [-0.3, -0.25) is 19.1 Å². The molecule has 36 heavy (non-hydrogen) atoms. The average molecular weight is 496 g/mol. The van der Waals surface area contributed by atoms with Gasteiger partial charge in [-0.05, 0) is 57.2 Å². The Morgan fingerprint density at radius 1 is 1.14 bits per heavy atom. The summed E-state index contributed by atoms with van der Waals surface area (Å²) in [6, 6.07) is 8.89. The molecular weight excluding hydrogens is 458 g/mol. The van der Waals surface area contributed by atoms with Gasteiger partial charge in [0.2, 0.25) is 11.8 Å². The molecule has 9 heteroatoms. The van der Waals surface area contributed by atoms with E-state index in [1.165, 1.54) is 0 Å². The van der Waals surface area contributed by atoms with Gasteiger partial charge < -0.3 is 20.3 Å². The molecule has 0 unspecified atom stereocenters. The Morgan fingerprint density at radius 3 is 2.67 bits per heavy atom. The first-order valence-corrected chi connectivity index (χ1v) is 12.9. The number of hydrogen-bond donors (Lipinski definition) is 2. The largest absolute Gasteiger partial charge is 0.491 e. The number of nitrogens with one attached hydrogen (secondary N) is 2. The summed E-state index contributed by atoms with van der Waals surface area (Å²) < 4.78 is 7.71. The summed E-state index contributed by atoms with van der Waals surface area (Å²) in [7, 11) is 1.88. The van der Waals surface area contributed by atoms with Crippen LogP contribution >= 0.6 is 0 Å². The van der Waals surface area contributed by atoms with Crippen LogP contribution in [0.1, 0.15) is 61.5 Å². The highest BCUT2D eigenvalue weighted by atomic mass is 16.5. The topological polar surface area (TPSA) is 106 Å². The van der Waals surface area contributed by atoms with Gasteiger partial charge in [0.25, 0.3) is 5.91 Å². The lowest BCUT2D eigenvalue weighted by atomic mass is 9.73. The Bertz CT molecular complexity index is 1070. The zero-order valence-corrected chi connectivity index (χ0v) is 21.3. The smallest absolute Gasteiger partial charge is 0.255 e. The maximum atomic E-state index is 13.5. The normalized spacial score (nSPS) is 21.1. The van der Waals surface area contributed by atoms with E-state index in [2.05, 4.69) is 15.7 Å². The van der Waals surface area contributed by atoms with Crippen molar-refractivity contribution in [3.05, 3.63) is 47.8 Å². The summed E-state index contributed by atoms with van der Waals surface area (Å²) in [5, 5.41) is 10.3. The molecule has 1 atom stereocenters. The van der Waals surface area contributed by atoms with Gasteiger partial charge >= 0.3 is 0 Å². The van der Waals surface area contributed by atoms with Gasteiger partial charge in [0.15, 0.2) is 0 Å². The molecule has 1 saturated heterocycles. The molecule has 2 aliphatic rings. The molecule has 0 saturated carbocycles. The van der Waals surface area contributed by atoms with E-state index in [9.17, 15) is 14.4 Å². The molecule has 9 nitrogen and oxygen atoms in total. The van der Waals surface area contributed by atoms with Crippen molar-refractivity contribution >= 4 is 17.7 Å². The number of benzene rings is 1. The second kappa shape index (κ2) is 11.6. The summed E-state index contributed by atoms with van der Waals surface area (Å²) in [6.07, 6.45) is 6.46. The zero-order valence-electron chi connectivity index (χ0n) is 21.3. The Labute approximate surface area is 212 Å². The second-order valence-corrected chi connectivity index (χ2v) is 10.0. The van der Waals surface area contributed by atoms with Gasteiger partial charge in [-0.15, -0.1) is 0 Å². The fourth-order valence-corrected chi connectivity index (χ4v) is 5.11. The van der Waals surface area contributed by atoms with Crippen molar-refractivity contribution in [1.29, 1.82) is 0 Å². The van der Waals surface area contributed by atoms with Gasteiger partial charge in [0, 0.05) is 45.0 Å². The Balaban J connectivity index is 1.38. The Kier molecular flexibility index (Phi) is 8.28. The third kappa shape index (κ3) is 6.06. The minimum absolute atomic E-state index is 0.0370. The highest BCUT2D eigenvalue weighted by molar-refractivity contribution is 5.96. The fourth-order valence-electron chi connectivity index (χ4n) is 5.11. The molecule has 1 aromatic carbocycles. The lowest BCUT2D eigenvalue weighted by molar-refractivity contribution is -0.141. The average Bonchev–Trinajstić information content (AvgIpc) is 3.30. The molecule has 3 heterocycles. The predicted molar refractivity (Wildman–Crippen MR) is 136 cm³/mol. The van der Waals surface area contributed by atoms with Crippen LogP contribution in [0.2, 0.25) is 0 Å². The zero-order chi connectivity index (χ0) is 25.5. The van der Waals surface area contributed by atoms with Crippen molar-refractivity contribution in [1.82, 2.24) is 25.3 Å². The van der Waals surface area contributed by atoms with Gasteiger partial charge in [0.05, 0.1) is 17.0 Å². The molecular formula is C27H37N5O4. The summed E-state index contributed by atoms with van der Waals surface area (Å²) in [5.74, 6) is 0.526. The van der Waals surface area contributed by atoms with E-state index < -0.39 is 5.41 Å². The molecule has 194 valence electrons. The number of likely N-dealkylation sites (tertiary alicyclic amines) is 1.